The summed E-state index contributed by atoms with van der Waals surface area (Å²) >= 11 is 11.4. The highest BCUT2D eigenvalue weighted by Crippen LogP contribution is 2.42. The lowest BCUT2D eigenvalue weighted by Crippen LogP contribution is -2.08. The molecule has 0 saturated carbocycles. The van der Waals surface area contributed by atoms with Gasteiger partial charge in [-0.05, 0) is 6.07 Å². The summed E-state index contributed by atoms with van der Waals surface area (Å²) in [6.07, 6.45) is 0. The molecule has 0 aromatic heterocycles. The van der Waals surface area contributed by atoms with E-state index in [-0.39, 0.29) is 0 Å². The van der Waals surface area contributed by atoms with Gasteiger partial charge in [0.25, 0.3) is 4.52 Å². The highest BCUT2D eigenvalue weighted by molar-refractivity contribution is 6.48. The van der Waals surface area contributed by atoms with Gasteiger partial charge in [-0.1, -0.05) is 41.4 Å². The Morgan fingerprint density at radius 2 is 1.92 bits per heavy atom. The maximum atomic E-state index is 11.1. The van der Waals surface area contributed by atoms with Crippen LogP contribution in [0.5, 0.6) is 0 Å². The average molecular weight is 203 g/mol. The van der Waals surface area contributed by atoms with Crippen LogP contribution < -0.4 is 0 Å². The lowest BCUT2D eigenvalue weighted by Gasteiger charge is -2.10. The summed E-state index contributed by atoms with van der Waals surface area (Å²) in [7, 11) is 0. The molecule has 2 rings (SSSR count). The molecule has 0 radical (unpaired) electrons. The lowest BCUT2D eigenvalue weighted by molar-refractivity contribution is 0.0447. The van der Waals surface area contributed by atoms with Crippen LogP contribution in [0, 0.1) is 0 Å². The van der Waals surface area contributed by atoms with Gasteiger partial charge in [0.15, 0.2) is 0 Å². The highest BCUT2D eigenvalue weighted by Gasteiger charge is 2.42. The van der Waals surface area contributed by atoms with Gasteiger partial charge in [0, 0.05) is 5.56 Å². The molecule has 1 aliphatic heterocycles. The van der Waals surface area contributed by atoms with Gasteiger partial charge in [-0.2, -0.15) is 0 Å². The Labute approximate surface area is 79.0 Å². The topological polar surface area (TPSA) is 26.3 Å². The third-order valence-electron chi connectivity index (χ3n) is 1.68. The third-order valence-corrected chi connectivity index (χ3v) is 2.24. The molecule has 1 heterocycles. The van der Waals surface area contributed by atoms with E-state index in [9.17, 15) is 4.79 Å². The Bertz CT molecular complexity index is 347. The second kappa shape index (κ2) is 2.38. The van der Waals surface area contributed by atoms with Crippen LogP contribution in [0.4, 0.5) is 0 Å². The van der Waals surface area contributed by atoms with Crippen molar-refractivity contribution >= 4 is 29.2 Å². The molecular weight excluding hydrogens is 199 g/mol. The number of hydrogen-bond acceptors (Lipinski definition) is 2. The predicted octanol–water partition coefficient (Wildman–Crippen LogP) is 2.44. The summed E-state index contributed by atoms with van der Waals surface area (Å²) in [5, 5.41) is 0. The Kier molecular flexibility index (Phi) is 1.56. The first-order chi connectivity index (χ1) is 5.61. The number of fused-ring (bicyclic) bond motifs is 1. The fourth-order valence-corrected chi connectivity index (χ4v) is 1.61. The molecule has 0 spiro atoms. The highest BCUT2D eigenvalue weighted by atomic mass is 35.5. The quantitative estimate of drug-likeness (QED) is 0.478. The molecule has 0 N–H and O–H groups in total. The third kappa shape index (κ3) is 0.993. The molecule has 4 heteroatoms. The van der Waals surface area contributed by atoms with Gasteiger partial charge >= 0.3 is 5.97 Å². The van der Waals surface area contributed by atoms with Crippen molar-refractivity contribution in [1.29, 1.82) is 0 Å². The Morgan fingerprint density at radius 1 is 1.25 bits per heavy atom. The minimum atomic E-state index is -1.51. The van der Waals surface area contributed by atoms with Crippen molar-refractivity contribution in [2.24, 2.45) is 0 Å². The van der Waals surface area contributed by atoms with E-state index < -0.39 is 10.5 Å². The van der Waals surface area contributed by atoms with Crippen LogP contribution in [0.2, 0.25) is 0 Å². The van der Waals surface area contributed by atoms with Crippen LogP contribution in [-0.4, -0.2) is 5.97 Å². The average Bonchev–Trinajstić information content (AvgIpc) is 2.25. The van der Waals surface area contributed by atoms with Crippen molar-refractivity contribution in [3.63, 3.8) is 0 Å². The molecule has 0 saturated heterocycles. The number of esters is 1. The van der Waals surface area contributed by atoms with Crippen molar-refractivity contribution in [2.45, 2.75) is 4.52 Å². The molecule has 1 aromatic rings. The van der Waals surface area contributed by atoms with E-state index in [2.05, 4.69) is 0 Å². The van der Waals surface area contributed by atoms with Crippen LogP contribution in [0.1, 0.15) is 15.9 Å². The van der Waals surface area contributed by atoms with Gasteiger partial charge < -0.3 is 4.74 Å². The monoisotopic (exact) mass is 202 g/mol. The van der Waals surface area contributed by atoms with Crippen LogP contribution in [0.15, 0.2) is 24.3 Å². The SMILES string of the molecule is O=C1OC(Cl)(Cl)c2ccccc21. The van der Waals surface area contributed by atoms with Crippen LogP contribution in [0.25, 0.3) is 0 Å². The largest absolute Gasteiger partial charge is 0.421 e. The molecule has 0 bridgehead atoms. The van der Waals surface area contributed by atoms with E-state index in [1.807, 2.05) is 0 Å². The van der Waals surface area contributed by atoms with Crippen LogP contribution >= 0.6 is 23.2 Å². The van der Waals surface area contributed by atoms with Crippen molar-refractivity contribution in [3.05, 3.63) is 35.4 Å². The predicted molar refractivity (Wildman–Crippen MR) is 45.2 cm³/mol. The number of alkyl halides is 2. The van der Waals surface area contributed by atoms with E-state index in [1.165, 1.54) is 0 Å². The molecule has 1 aliphatic rings. The number of cyclic esters (lactones) is 1. The first-order valence-corrected chi connectivity index (χ1v) is 4.07. The van der Waals surface area contributed by atoms with Gasteiger partial charge in [0.2, 0.25) is 0 Å². The van der Waals surface area contributed by atoms with Gasteiger partial charge in [-0.25, -0.2) is 4.79 Å². The number of ether oxygens (including phenoxy) is 1. The number of hydrogen-bond donors (Lipinski definition) is 0. The van der Waals surface area contributed by atoms with Crippen molar-refractivity contribution in [2.75, 3.05) is 0 Å². The minimum absolute atomic E-state index is 0.433. The first kappa shape index (κ1) is 7.90. The maximum absolute atomic E-state index is 11.1. The minimum Gasteiger partial charge on any atom is -0.421 e. The van der Waals surface area contributed by atoms with Crippen molar-refractivity contribution in [1.82, 2.24) is 0 Å². The van der Waals surface area contributed by atoms with E-state index in [0.29, 0.717) is 11.1 Å². The van der Waals surface area contributed by atoms with E-state index >= 15 is 0 Å². The van der Waals surface area contributed by atoms with Gasteiger partial charge in [0.05, 0.1) is 5.56 Å². The Balaban J connectivity index is 2.66. The molecule has 2 nitrogen and oxygen atoms in total. The molecule has 0 atom stereocenters. The maximum Gasteiger partial charge on any atom is 0.341 e. The van der Waals surface area contributed by atoms with E-state index in [4.69, 9.17) is 27.9 Å². The second-order valence-electron chi connectivity index (χ2n) is 2.45. The fourth-order valence-electron chi connectivity index (χ4n) is 1.14. The van der Waals surface area contributed by atoms with Gasteiger partial charge in [-0.3, -0.25) is 0 Å². The van der Waals surface area contributed by atoms with Crippen LogP contribution in [0.3, 0.4) is 0 Å². The number of rotatable bonds is 0. The second-order valence-corrected chi connectivity index (χ2v) is 3.71. The zero-order valence-corrected chi connectivity index (χ0v) is 7.39. The number of benzene rings is 1. The normalized spacial score (nSPS) is 18.7. The van der Waals surface area contributed by atoms with Crippen LogP contribution in [-0.2, 0) is 9.26 Å². The molecule has 0 aliphatic carbocycles. The lowest BCUT2D eigenvalue weighted by atomic mass is 10.1. The Hall–Kier alpha value is -0.730. The zero-order valence-electron chi connectivity index (χ0n) is 5.88. The molecule has 12 heavy (non-hydrogen) atoms. The molecular formula is C8H4Cl2O2. The zero-order chi connectivity index (χ0) is 8.77. The summed E-state index contributed by atoms with van der Waals surface area (Å²) in [5.74, 6) is -0.476. The van der Waals surface area contributed by atoms with Crippen molar-refractivity contribution in [3.8, 4) is 0 Å². The molecule has 62 valence electrons. The van der Waals surface area contributed by atoms with E-state index in [1.54, 1.807) is 24.3 Å². The first-order valence-electron chi connectivity index (χ1n) is 3.32. The smallest absolute Gasteiger partial charge is 0.341 e. The van der Waals surface area contributed by atoms with Crippen molar-refractivity contribution < 1.29 is 9.53 Å². The number of carbonyl (C=O) groups is 1. The molecule has 0 amide bonds. The Morgan fingerprint density at radius 3 is 2.58 bits per heavy atom. The number of carbonyl (C=O) groups excluding carboxylic acids is 1. The molecule has 0 unspecified atom stereocenters. The summed E-state index contributed by atoms with van der Waals surface area (Å²) < 4.78 is 3.20. The summed E-state index contributed by atoms with van der Waals surface area (Å²) in [6, 6.07) is 6.78. The molecule has 0 fully saturated rings. The summed E-state index contributed by atoms with van der Waals surface area (Å²) in [5.41, 5.74) is 0.945. The summed E-state index contributed by atoms with van der Waals surface area (Å²) in [4.78, 5) is 11.1. The summed E-state index contributed by atoms with van der Waals surface area (Å²) in [6.45, 7) is 0. The standard InChI is InChI=1S/C8H4Cl2O2/c9-8(10)6-4-2-1-3-5(6)7(11)12-8/h1-4H. The fraction of sp³-hybridized carbons (Fsp3) is 0.125. The molecule has 1 aromatic carbocycles. The van der Waals surface area contributed by atoms with Gasteiger partial charge in [-0.15, -0.1) is 0 Å². The van der Waals surface area contributed by atoms with E-state index in [0.717, 1.165) is 0 Å². The van der Waals surface area contributed by atoms with Gasteiger partial charge in [0.1, 0.15) is 0 Å². The number of halogens is 2.